The summed E-state index contributed by atoms with van der Waals surface area (Å²) >= 11 is 1.39. The summed E-state index contributed by atoms with van der Waals surface area (Å²) < 4.78 is 22.4. The monoisotopic (exact) mass is 457 g/mol. The lowest BCUT2D eigenvalue weighted by molar-refractivity contribution is -0.149. The number of esters is 2. The van der Waals surface area contributed by atoms with Crippen molar-refractivity contribution in [2.45, 2.75) is 39.4 Å². The molecule has 0 aliphatic carbocycles. The van der Waals surface area contributed by atoms with Gasteiger partial charge >= 0.3 is 11.9 Å². The van der Waals surface area contributed by atoms with Gasteiger partial charge in [0.05, 0.1) is 24.2 Å². The van der Waals surface area contributed by atoms with Crippen LogP contribution in [-0.2, 0) is 23.8 Å². The van der Waals surface area contributed by atoms with Crippen molar-refractivity contribution in [3.05, 3.63) is 68.2 Å². The van der Waals surface area contributed by atoms with E-state index in [1.165, 1.54) is 18.0 Å². The Morgan fingerprint density at radius 1 is 1.09 bits per heavy atom. The molecule has 0 saturated carbocycles. The second kappa shape index (κ2) is 8.84. The molecule has 3 heterocycles. The van der Waals surface area contributed by atoms with Gasteiger partial charge in [0, 0.05) is 10.6 Å². The van der Waals surface area contributed by atoms with Crippen LogP contribution in [0.4, 0.5) is 0 Å². The fourth-order valence-electron chi connectivity index (χ4n) is 3.74. The van der Waals surface area contributed by atoms with Crippen molar-refractivity contribution in [1.82, 2.24) is 4.90 Å². The minimum Gasteiger partial charge on any atom is -0.464 e. The molecule has 2 atom stereocenters. The zero-order valence-corrected chi connectivity index (χ0v) is 19.0. The summed E-state index contributed by atoms with van der Waals surface area (Å²) in [6.07, 6.45) is 0.112. The van der Waals surface area contributed by atoms with Crippen LogP contribution in [0.1, 0.15) is 39.4 Å². The Bertz CT molecular complexity index is 1210. The van der Waals surface area contributed by atoms with Crippen LogP contribution in [0.2, 0.25) is 0 Å². The lowest BCUT2D eigenvalue weighted by Gasteiger charge is -2.38. The molecule has 0 radical (unpaired) electrons. The van der Waals surface area contributed by atoms with E-state index in [1.807, 2.05) is 13.8 Å². The van der Waals surface area contributed by atoms with Crippen molar-refractivity contribution in [2.24, 2.45) is 0 Å². The summed E-state index contributed by atoms with van der Waals surface area (Å²) in [6, 6.07) is 6.80. The van der Waals surface area contributed by atoms with Crippen molar-refractivity contribution < 1.29 is 28.2 Å². The molecule has 2 unspecified atom stereocenters. The summed E-state index contributed by atoms with van der Waals surface area (Å²) in [6.45, 7) is 7.28. The van der Waals surface area contributed by atoms with E-state index in [4.69, 9.17) is 18.6 Å². The lowest BCUT2D eigenvalue weighted by atomic mass is 9.97. The fraction of sp³-hybridized carbons (Fsp3) is 0.348. The van der Waals surface area contributed by atoms with Gasteiger partial charge in [0.15, 0.2) is 11.0 Å². The number of thioether (sulfide) groups is 1. The predicted molar refractivity (Wildman–Crippen MR) is 118 cm³/mol. The molecule has 0 spiro atoms. The van der Waals surface area contributed by atoms with E-state index in [0.717, 1.165) is 10.6 Å². The van der Waals surface area contributed by atoms with Crippen LogP contribution in [0.3, 0.4) is 0 Å². The van der Waals surface area contributed by atoms with Crippen LogP contribution >= 0.6 is 11.8 Å². The van der Waals surface area contributed by atoms with Crippen LogP contribution in [-0.4, -0.2) is 35.6 Å². The molecule has 0 saturated heterocycles. The Morgan fingerprint density at radius 3 is 2.50 bits per heavy atom. The summed E-state index contributed by atoms with van der Waals surface area (Å²) in [5, 5.41) is 0.349. The zero-order valence-electron chi connectivity index (χ0n) is 18.2. The number of carbonyl (C=O) groups excluding carboxylic acids is 2. The summed E-state index contributed by atoms with van der Waals surface area (Å²) in [7, 11) is 0. The molecule has 1 aromatic carbocycles. The van der Waals surface area contributed by atoms with Crippen LogP contribution < -0.4 is 5.43 Å². The Labute approximate surface area is 188 Å². The molecule has 0 N–H and O–H groups in total. The first-order valence-electron chi connectivity index (χ1n) is 10.3. The SMILES string of the molecule is CCOC(=O)C1=C(C(=O)OCC)N2C(C)=C(C)SC2OC1c1coc2ccccc2c1=O. The summed E-state index contributed by atoms with van der Waals surface area (Å²) in [5.74, 6) is -1.44. The number of benzene rings is 1. The Balaban J connectivity index is 1.97. The average Bonchev–Trinajstić information content (AvgIpc) is 3.06. The topological polar surface area (TPSA) is 95.3 Å². The van der Waals surface area contributed by atoms with E-state index in [0.29, 0.717) is 11.0 Å². The van der Waals surface area contributed by atoms with Gasteiger partial charge in [0.2, 0.25) is 0 Å². The van der Waals surface area contributed by atoms with Gasteiger partial charge in [-0.15, -0.1) is 0 Å². The van der Waals surface area contributed by atoms with Gasteiger partial charge in [-0.3, -0.25) is 4.79 Å². The summed E-state index contributed by atoms with van der Waals surface area (Å²) in [4.78, 5) is 42.0. The third-order valence-electron chi connectivity index (χ3n) is 5.32. The molecular weight excluding hydrogens is 434 g/mol. The van der Waals surface area contributed by atoms with Gasteiger partial charge in [-0.2, -0.15) is 0 Å². The molecular formula is C23H23NO7S. The zero-order chi connectivity index (χ0) is 23.0. The van der Waals surface area contributed by atoms with Gasteiger partial charge < -0.3 is 23.5 Å². The number of allylic oxidation sites excluding steroid dienone is 2. The molecule has 4 rings (SSSR count). The highest BCUT2D eigenvalue weighted by Gasteiger charge is 2.48. The average molecular weight is 458 g/mol. The third kappa shape index (κ3) is 3.61. The maximum absolute atomic E-state index is 13.3. The van der Waals surface area contributed by atoms with E-state index in [1.54, 1.807) is 43.0 Å². The van der Waals surface area contributed by atoms with Gasteiger partial charge in [-0.05, 0) is 39.8 Å². The molecule has 168 valence electrons. The molecule has 0 amide bonds. The van der Waals surface area contributed by atoms with E-state index in [2.05, 4.69) is 0 Å². The van der Waals surface area contributed by atoms with Gasteiger partial charge in [0.25, 0.3) is 0 Å². The number of nitrogens with zero attached hydrogens (tertiary/aromatic N) is 1. The maximum Gasteiger partial charge on any atom is 0.355 e. The summed E-state index contributed by atoms with van der Waals surface area (Å²) in [5.41, 5.74) is 0.210. The quantitative estimate of drug-likeness (QED) is 0.621. The number of hydrogen-bond donors (Lipinski definition) is 0. The van der Waals surface area contributed by atoms with Crippen LogP contribution in [0.25, 0.3) is 11.0 Å². The standard InChI is InChI=1S/C23H23NO7S/c1-5-28-21(26)17-18(22(27)29-6-2)24-12(3)13(4)32-23(24)31-20(17)15-11-30-16-10-8-7-9-14(16)19(15)25/h7-11,20,23H,5-6H2,1-4H3. The van der Waals surface area contributed by atoms with Crippen molar-refractivity contribution in [1.29, 1.82) is 0 Å². The number of carbonyl (C=O) groups is 2. The van der Waals surface area contributed by atoms with Crippen LogP contribution in [0, 0.1) is 0 Å². The van der Waals surface area contributed by atoms with Crippen LogP contribution in [0.5, 0.6) is 0 Å². The van der Waals surface area contributed by atoms with Crippen molar-refractivity contribution in [2.75, 3.05) is 13.2 Å². The minimum absolute atomic E-state index is 0.0148. The second-order valence-corrected chi connectivity index (χ2v) is 8.42. The van der Waals surface area contributed by atoms with Crippen LogP contribution in [0.15, 0.2) is 61.6 Å². The molecule has 8 nitrogen and oxygen atoms in total. The van der Waals surface area contributed by atoms with Gasteiger partial charge in [-0.1, -0.05) is 23.9 Å². The van der Waals surface area contributed by atoms with Crippen molar-refractivity contribution in [3.63, 3.8) is 0 Å². The van der Waals surface area contributed by atoms with E-state index >= 15 is 0 Å². The number of para-hydroxylation sites is 1. The first kappa shape index (κ1) is 22.2. The van der Waals surface area contributed by atoms with Crippen molar-refractivity contribution >= 4 is 34.7 Å². The minimum atomic E-state index is -1.17. The molecule has 0 fully saturated rings. The van der Waals surface area contributed by atoms with Gasteiger partial charge in [0.1, 0.15) is 29.2 Å². The fourth-order valence-corrected chi connectivity index (χ4v) is 4.85. The first-order valence-corrected chi connectivity index (χ1v) is 11.1. The number of hydrogen-bond acceptors (Lipinski definition) is 9. The van der Waals surface area contributed by atoms with E-state index < -0.39 is 23.6 Å². The molecule has 1 aromatic heterocycles. The molecule has 9 heteroatoms. The Kier molecular flexibility index (Phi) is 6.12. The lowest BCUT2D eigenvalue weighted by Crippen LogP contribution is -2.43. The molecule has 2 aliphatic heterocycles. The van der Waals surface area contributed by atoms with Crippen molar-refractivity contribution in [3.8, 4) is 0 Å². The Morgan fingerprint density at radius 2 is 1.78 bits per heavy atom. The second-order valence-electron chi connectivity index (χ2n) is 7.17. The normalized spacial score (nSPS) is 20.6. The largest absolute Gasteiger partial charge is 0.464 e. The van der Waals surface area contributed by atoms with Gasteiger partial charge in [-0.25, -0.2) is 9.59 Å². The Hall–Kier alpha value is -3.04. The highest BCUT2D eigenvalue weighted by molar-refractivity contribution is 8.03. The highest BCUT2D eigenvalue weighted by Crippen LogP contribution is 2.49. The number of fused-ring (bicyclic) bond motifs is 2. The smallest absolute Gasteiger partial charge is 0.355 e. The van der Waals surface area contributed by atoms with E-state index in [9.17, 15) is 14.4 Å². The number of rotatable bonds is 5. The highest BCUT2D eigenvalue weighted by atomic mass is 32.2. The molecule has 0 bridgehead atoms. The first-order chi connectivity index (χ1) is 15.4. The number of ether oxygens (including phenoxy) is 3. The molecule has 2 aliphatic rings. The molecule has 32 heavy (non-hydrogen) atoms. The molecule has 2 aromatic rings. The van der Waals surface area contributed by atoms with E-state index in [-0.39, 0.29) is 35.5 Å². The predicted octanol–water partition coefficient (Wildman–Crippen LogP) is 3.83. The third-order valence-corrected chi connectivity index (χ3v) is 6.50. The maximum atomic E-state index is 13.3.